The summed E-state index contributed by atoms with van der Waals surface area (Å²) in [7, 11) is 0. The van der Waals surface area contributed by atoms with E-state index in [-0.39, 0.29) is 12.5 Å². The number of benzene rings is 3. The minimum absolute atomic E-state index is 0.0277. The van der Waals surface area contributed by atoms with E-state index in [1.807, 2.05) is 59.5 Å². The topological polar surface area (TPSA) is 51.2 Å². The molecule has 5 rings (SSSR count). The van der Waals surface area contributed by atoms with Crippen LogP contribution in [0, 0.1) is 0 Å². The van der Waals surface area contributed by atoms with Gasteiger partial charge in [0.2, 0.25) is 6.79 Å². The first-order chi connectivity index (χ1) is 15.7. The van der Waals surface area contributed by atoms with Gasteiger partial charge in [-0.1, -0.05) is 48.5 Å². The number of amides is 1. The number of carbonyl (C=O) groups excluding carboxylic acids is 1. The van der Waals surface area contributed by atoms with Crippen molar-refractivity contribution >= 4 is 5.91 Å². The smallest absolute Gasteiger partial charge is 0.260 e. The summed E-state index contributed by atoms with van der Waals surface area (Å²) in [4.78, 5) is 16.8. The van der Waals surface area contributed by atoms with Crippen LogP contribution in [0.2, 0.25) is 0 Å². The summed E-state index contributed by atoms with van der Waals surface area (Å²) in [5.74, 6) is 2.35. The second-order valence-corrected chi connectivity index (χ2v) is 8.02. The SMILES string of the molecule is O=C(COc1ccc(-c2ccccc2)cc1)N1CCN(Cc2ccc3c(c2)OCO3)CC1. The number of hydrogen-bond donors (Lipinski definition) is 0. The standard InChI is InChI=1S/C26H26N2O4/c29-26(18-30-23-9-7-22(8-10-23)21-4-2-1-3-5-21)28-14-12-27(13-15-28)17-20-6-11-24-25(16-20)32-19-31-24/h1-11,16H,12-15,17-19H2. The van der Waals surface area contributed by atoms with Crippen molar-refractivity contribution in [2.45, 2.75) is 6.54 Å². The quantitative estimate of drug-likeness (QED) is 0.595. The highest BCUT2D eigenvalue weighted by atomic mass is 16.7. The van der Waals surface area contributed by atoms with Crippen molar-refractivity contribution in [1.82, 2.24) is 9.80 Å². The molecule has 3 aromatic carbocycles. The van der Waals surface area contributed by atoms with Crippen molar-refractivity contribution in [1.29, 1.82) is 0 Å². The Kier molecular flexibility index (Phi) is 5.94. The number of rotatable bonds is 6. The van der Waals surface area contributed by atoms with Gasteiger partial charge in [0.25, 0.3) is 5.91 Å². The maximum Gasteiger partial charge on any atom is 0.260 e. The monoisotopic (exact) mass is 430 g/mol. The summed E-state index contributed by atoms with van der Waals surface area (Å²) in [6.07, 6.45) is 0. The Bertz CT molecular complexity index is 1060. The van der Waals surface area contributed by atoms with Crippen LogP contribution in [0.15, 0.2) is 72.8 Å². The first-order valence-electron chi connectivity index (χ1n) is 10.9. The molecule has 0 saturated carbocycles. The van der Waals surface area contributed by atoms with Crippen LogP contribution < -0.4 is 14.2 Å². The summed E-state index contributed by atoms with van der Waals surface area (Å²) in [5.41, 5.74) is 3.48. The highest BCUT2D eigenvalue weighted by Gasteiger charge is 2.22. The molecule has 1 saturated heterocycles. The number of hydrogen-bond acceptors (Lipinski definition) is 5. The fourth-order valence-electron chi connectivity index (χ4n) is 4.06. The van der Waals surface area contributed by atoms with Crippen molar-refractivity contribution in [3.63, 3.8) is 0 Å². The second kappa shape index (κ2) is 9.32. The maximum absolute atomic E-state index is 12.6. The predicted octanol–water partition coefficient (Wildman–Crippen LogP) is 3.81. The highest BCUT2D eigenvalue weighted by Crippen LogP contribution is 2.32. The lowest BCUT2D eigenvalue weighted by Crippen LogP contribution is -2.49. The maximum atomic E-state index is 12.6. The lowest BCUT2D eigenvalue weighted by molar-refractivity contribution is -0.135. The highest BCUT2D eigenvalue weighted by molar-refractivity contribution is 5.78. The average Bonchev–Trinajstić information content (AvgIpc) is 3.32. The first-order valence-corrected chi connectivity index (χ1v) is 10.9. The predicted molar refractivity (Wildman–Crippen MR) is 122 cm³/mol. The third-order valence-corrected chi connectivity index (χ3v) is 5.89. The Morgan fingerprint density at radius 1 is 0.812 bits per heavy atom. The van der Waals surface area contributed by atoms with Crippen molar-refractivity contribution in [2.24, 2.45) is 0 Å². The van der Waals surface area contributed by atoms with Crippen LogP contribution >= 0.6 is 0 Å². The molecule has 1 fully saturated rings. The van der Waals surface area contributed by atoms with Crippen LogP contribution in [0.4, 0.5) is 0 Å². The van der Waals surface area contributed by atoms with Crippen molar-refractivity contribution in [2.75, 3.05) is 39.6 Å². The molecule has 0 atom stereocenters. The zero-order chi connectivity index (χ0) is 21.8. The van der Waals surface area contributed by atoms with E-state index >= 15 is 0 Å². The van der Waals surface area contributed by atoms with Crippen LogP contribution in [0.5, 0.6) is 17.2 Å². The zero-order valence-electron chi connectivity index (χ0n) is 17.9. The van der Waals surface area contributed by atoms with Gasteiger partial charge in [0.1, 0.15) is 5.75 Å². The number of piperazine rings is 1. The molecule has 2 aliphatic heterocycles. The molecule has 6 heteroatoms. The van der Waals surface area contributed by atoms with Gasteiger partial charge in [-0.2, -0.15) is 0 Å². The van der Waals surface area contributed by atoms with E-state index in [1.54, 1.807) is 0 Å². The van der Waals surface area contributed by atoms with Gasteiger partial charge in [0.05, 0.1) is 0 Å². The van der Waals surface area contributed by atoms with Crippen LogP contribution in [0.25, 0.3) is 11.1 Å². The molecule has 2 aliphatic rings. The Morgan fingerprint density at radius 2 is 1.53 bits per heavy atom. The summed E-state index contributed by atoms with van der Waals surface area (Å²) >= 11 is 0. The molecular formula is C26H26N2O4. The molecule has 0 N–H and O–H groups in total. The molecule has 0 spiro atoms. The largest absolute Gasteiger partial charge is 0.484 e. The third-order valence-electron chi connectivity index (χ3n) is 5.89. The summed E-state index contributed by atoms with van der Waals surface area (Å²) in [5, 5.41) is 0. The summed E-state index contributed by atoms with van der Waals surface area (Å²) in [6.45, 7) is 4.28. The zero-order valence-corrected chi connectivity index (χ0v) is 17.9. The number of fused-ring (bicyclic) bond motifs is 1. The van der Waals surface area contributed by atoms with Crippen molar-refractivity contribution < 1.29 is 19.0 Å². The minimum atomic E-state index is 0.0277. The van der Waals surface area contributed by atoms with Gasteiger partial charge in [0, 0.05) is 32.7 Å². The molecule has 3 aromatic rings. The van der Waals surface area contributed by atoms with Gasteiger partial charge in [-0.3, -0.25) is 9.69 Å². The van der Waals surface area contributed by atoms with Crippen molar-refractivity contribution in [3.05, 3.63) is 78.4 Å². The Hall–Kier alpha value is -3.51. The summed E-state index contributed by atoms with van der Waals surface area (Å²) in [6, 6.07) is 24.1. The molecular weight excluding hydrogens is 404 g/mol. The van der Waals surface area contributed by atoms with Gasteiger partial charge >= 0.3 is 0 Å². The minimum Gasteiger partial charge on any atom is -0.484 e. The van der Waals surface area contributed by atoms with E-state index in [0.29, 0.717) is 25.6 Å². The van der Waals surface area contributed by atoms with Gasteiger partial charge in [-0.25, -0.2) is 0 Å². The molecule has 0 aromatic heterocycles. The molecule has 0 aliphatic carbocycles. The van der Waals surface area contributed by atoms with Crippen LogP contribution in [0.3, 0.4) is 0 Å². The lowest BCUT2D eigenvalue weighted by Gasteiger charge is -2.34. The fraction of sp³-hybridized carbons (Fsp3) is 0.269. The van der Waals surface area contributed by atoms with Crippen LogP contribution in [-0.4, -0.2) is 55.3 Å². The summed E-state index contributed by atoms with van der Waals surface area (Å²) < 4.78 is 16.6. The van der Waals surface area contributed by atoms with Gasteiger partial charge < -0.3 is 19.1 Å². The normalized spacial score (nSPS) is 15.6. The van der Waals surface area contributed by atoms with E-state index in [4.69, 9.17) is 14.2 Å². The second-order valence-electron chi connectivity index (χ2n) is 8.02. The van der Waals surface area contributed by atoms with Crippen molar-refractivity contribution in [3.8, 4) is 28.4 Å². The molecule has 32 heavy (non-hydrogen) atoms. The van der Waals surface area contributed by atoms with Gasteiger partial charge in [-0.05, 0) is 41.0 Å². The first kappa shape index (κ1) is 20.4. The Balaban J connectivity index is 1.08. The molecule has 0 bridgehead atoms. The lowest BCUT2D eigenvalue weighted by atomic mass is 10.1. The van der Waals surface area contributed by atoms with E-state index < -0.39 is 0 Å². The van der Waals surface area contributed by atoms with E-state index in [2.05, 4.69) is 23.1 Å². The molecule has 6 nitrogen and oxygen atoms in total. The van der Waals surface area contributed by atoms with Crippen LogP contribution in [-0.2, 0) is 11.3 Å². The Labute approximate surface area is 187 Å². The average molecular weight is 431 g/mol. The molecule has 2 heterocycles. The van der Waals surface area contributed by atoms with Crippen LogP contribution in [0.1, 0.15) is 5.56 Å². The molecule has 164 valence electrons. The van der Waals surface area contributed by atoms with Gasteiger partial charge in [-0.15, -0.1) is 0 Å². The van der Waals surface area contributed by atoms with E-state index in [1.165, 1.54) is 5.56 Å². The molecule has 0 radical (unpaired) electrons. The number of nitrogens with zero attached hydrogens (tertiary/aromatic N) is 2. The van der Waals surface area contributed by atoms with E-state index in [9.17, 15) is 4.79 Å². The Morgan fingerprint density at radius 3 is 2.31 bits per heavy atom. The van der Waals surface area contributed by atoms with Gasteiger partial charge in [0.15, 0.2) is 18.1 Å². The van der Waals surface area contributed by atoms with E-state index in [0.717, 1.165) is 42.3 Å². The molecule has 1 amide bonds. The molecule has 0 unspecified atom stereocenters. The fourth-order valence-corrected chi connectivity index (χ4v) is 4.06. The third kappa shape index (κ3) is 4.70. The number of ether oxygens (including phenoxy) is 3. The number of carbonyl (C=O) groups is 1.